The molecule has 0 fully saturated rings. The number of carbonyl (C=O) groups excluding carboxylic acids is 4. The minimum absolute atomic E-state index is 0.119. The highest BCUT2D eigenvalue weighted by Gasteiger charge is 2.32. The number of rotatable bonds is 52. The van der Waals surface area contributed by atoms with E-state index in [0.29, 0.717) is 49.5 Å². The minimum atomic E-state index is -0.840. The van der Waals surface area contributed by atoms with Crippen LogP contribution in [0.1, 0.15) is 297 Å². The second-order valence-corrected chi connectivity index (χ2v) is 23.5. The summed E-state index contributed by atoms with van der Waals surface area (Å²) >= 11 is 1.18. The van der Waals surface area contributed by atoms with Crippen molar-refractivity contribution in [3.8, 4) is 5.88 Å². The van der Waals surface area contributed by atoms with Gasteiger partial charge in [-0.05, 0) is 32.1 Å². The van der Waals surface area contributed by atoms with Crippen LogP contribution in [0.25, 0.3) is 5.57 Å². The fourth-order valence-electron chi connectivity index (χ4n) is 10.1. The van der Waals surface area contributed by atoms with Gasteiger partial charge < -0.3 is 23.7 Å². The van der Waals surface area contributed by atoms with E-state index >= 15 is 0 Å². The molecule has 0 aromatic carbocycles. The summed E-state index contributed by atoms with van der Waals surface area (Å²) in [5, 5.41) is 0. The highest BCUT2D eigenvalue weighted by molar-refractivity contribution is 6.99. The number of carbonyl (C=O) groups is 4. The Kier molecular flexibility index (Phi) is 42.5. The lowest BCUT2D eigenvalue weighted by molar-refractivity contribution is -0.919. The molecule has 76 heavy (non-hydrogen) atoms. The number of likely N-dealkylation sites (N-methyl/N-ethyl adjacent to an activating group) is 1. The van der Waals surface area contributed by atoms with E-state index in [1.807, 2.05) is 13.8 Å². The predicted molar refractivity (Wildman–Crippen MR) is 312 cm³/mol. The summed E-state index contributed by atoms with van der Waals surface area (Å²) in [4.78, 5) is 52.0. The number of aromatic nitrogens is 2. The Labute approximate surface area is 469 Å². The molecule has 0 N–H and O–H groups in total. The van der Waals surface area contributed by atoms with Crippen molar-refractivity contribution in [1.29, 1.82) is 0 Å². The first kappa shape index (κ1) is 69.0. The molecule has 3 unspecified atom stereocenters. The van der Waals surface area contributed by atoms with Crippen molar-refractivity contribution in [3.05, 3.63) is 11.8 Å². The van der Waals surface area contributed by atoms with Gasteiger partial charge in [-0.1, -0.05) is 246 Å². The average molecular weight is 1090 g/mol. The molecule has 2 rings (SSSR count). The third-order valence-electron chi connectivity index (χ3n) is 15.3. The third-order valence-corrected chi connectivity index (χ3v) is 15.8. The van der Waals surface area contributed by atoms with Crippen LogP contribution in [0.15, 0.2) is 6.08 Å². The van der Waals surface area contributed by atoms with E-state index in [2.05, 4.69) is 42.6 Å². The zero-order valence-electron chi connectivity index (χ0n) is 49.8. The zero-order chi connectivity index (χ0) is 55.2. The van der Waals surface area contributed by atoms with Crippen molar-refractivity contribution in [2.45, 2.75) is 298 Å². The number of hydrogen-bond donors (Lipinski definition) is 0. The van der Waals surface area contributed by atoms with Crippen molar-refractivity contribution in [3.63, 3.8) is 0 Å². The van der Waals surface area contributed by atoms with Gasteiger partial charge in [-0.25, -0.2) is 0 Å². The largest absolute Gasteiger partial charge is 0.475 e. The van der Waals surface area contributed by atoms with Crippen molar-refractivity contribution < 1.29 is 47.3 Å². The monoisotopic (exact) mass is 1090 g/mol. The maximum absolute atomic E-state index is 13.3. The van der Waals surface area contributed by atoms with E-state index in [4.69, 9.17) is 23.7 Å². The summed E-state index contributed by atoms with van der Waals surface area (Å²) in [5.74, 6) is -1.03. The molecule has 13 heteroatoms. The Morgan fingerprint density at radius 2 is 0.934 bits per heavy atom. The number of esters is 4. The van der Waals surface area contributed by atoms with Crippen LogP contribution in [0.2, 0.25) is 0 Å². The van der Waals surface area contributed by atoms with Crippen LogP contribution in [0.4, 0.5) is 0 Å². The third kappa shape index (κ3) is 36.2. The van der Waals surface area contributed by atoms with Crippen LogP contribution in [0, 0.1) is 11.8 Å². The number of quaternary nitrogens is 1. The molecule has 3 atom stereocenters. The Balaban J connectivity index is 1.69. The summed E-state index contributed by atoms with van der Waals surface area (Å²) in [6.45, 7) is 12.9. The van der Waals surface area contributed by atoms with Gasteiger partial charge >= 0.3 is 23.9 Å². The maximum Gasteiger partial charge on any atom is 0.312 e. The first-order valence-corrected chi connectivity index (χ1v) is 32.4. The van der Waals surface area contributed by atoms with E-state index in [9.17, 15) is 19.2 Å². The van der Waals surface area contributed by atoms with Gasteiger partial charge in [0.2, 0.25) is 6.73 Å². The molecule has 0 amide bonds. The molecule has 0 saturated heterocycles. The van der Waals surface area contributed by atoms with E-state index in [0.717, 1.165) is 114 Å². The fraction of sp³-hybridized carbons (Fsp3) is 0.873. The first-order valence-electron chi connectivity index (χ1n) is 31.7. The van der Waals surface area contributed by atoms with Crippen molar-refractivity contribution in [2.75, 3.05) is 46.7 Å². The van der Waals surface area contributed by atoms with Crippen LogP contribution < -0.4 is 4.74 Å². The van der Waals surface area contributed by atoms with E-state index in [1.165, 1.54) is 153 Å². The molecule has 2 heterocycles. The second kappa shape index (κ2) is 46.8. The molecule has 0 radical (unpaired) electrons. The van der Waals surface area contributed by atoms with Crippen molar-refractivity contribution in [1.82, 2.24) is 8.75 Å². The van der Waals surface area contributed by atoms with Gasteiger partial charge in [-0.15, -0.1) is 4.37 Å². The highest BCUT2D eigenvalue weighted by Crippen LogP contribution is 2.30. The Hall–Kier alpha value is -3.06. The van der Waals surface area contributed by atoms with Crippen molar-refractivity contribution in [2.24, 2.45) is 11.8 Å². The standard InChI is InChI=1S/C63H114N3O9S/c1-7-10-13-16-18-20-22-24-26-28-30-35-39-46-58(67)72-51-57(52-73-59(68)47-40-36-31-29-27-25-23-21-19-17-14-11-8-2)75-63(70)55(5)44-38-34-32-33-37-43-54(4)62(69)74-53-66(6)48-42-45-56(50-66)60-61(65-76-64-60)71-49-41-15-12-9-3/h45,54-55,57H,7-44,46-53H2,1-6H3/q+1. The summed E-state index contributed by atoms with van der Waals surface area (Å²) in [6, 6.07) is 0. The summed E-state index contributed by atoms with van der Waals surface area (Å²) in [5.41, 5.74) is 1.92. The lowest BCUT2D eigenvalue weighted by Crippen LogP contribution is -2.49. The van der Waals surface area contributed by atoms with Gasteiger partial charge in [0.05, 0.1) is 43.8 Å². The van der Waals surface area contributed by atoms with Gasteiger partial charge in [-0.2, -0.15) is 4.37 Å². The normalized spacial score (nSPS) is 15.3. The fourth-order valence-corrected chi connectivity index (χ4v) is 10.6. The predicted octanol–water partition coefficient (Wildman–Crippen LogP) is 17.2. The van der Waals surface area contributed by atoms with Gasteiger partial charge in [0.1, 0.15) is 25.5 Å². The molecule has 440 valence electrons. The highest BCUT2D eigenvalue weighted by atomic mass is 32.1. The molecule has 1 aromatic heterocycles. The van der Waals surface area contributed by atoms with Crippen LogP contribution in [-0.4, -0.2) is 89.9 Å². The van der Waals surface area contributed by atoms with Gasteiger partial charge in [0.15, 0.2) is 6.10 Å². The molecule has 12 nitrogen and oxygen atoms in total. The molecular weight excluding hydrogens is 975 g/mol. The van der Waals surface area contributed by atoms with Gasteiger partial charge in [-0.3, -0.25) is 23.7 Å². The van der Waals surface area contributed by atoms with Crippen LogP contribution in [0.3, 0.4) is 0 Å². The summed E-state index contributed by atoms with van der Waals surface area (Å²) in [6.07, 6.45) is 45.9. The topological polar surface area (TPSA) is 140 Å². The van der Waals surface area contributed by atoms with Crippen LogP contribution in [0.5, 0.6) is 5.88 Å². The molecule has 0 spiro atoms. The summed E-state index contributed by atoms with van der Waals surface area (Å²) in [7, 11) is 2.13. The number of unbranched alkanes of at least 4 members (excludes halogenated alkanes) is 31. The van der Waals surface area contributed by atoms with Crippen LogP contribution >= 0.6 is 11.7 Å². The minimum Gasteiger partial charge on any atom is -0.475 e. The Morgan fingerprint density at radius 1 is 0.526 bits per heavy atom. The van der Waals surface area contributed by atoms with E-state index in [1.54, 1.807) is 0 Å². The SMILES string of the molecule is CCCCCCCCCCCCCCCC(=O)OCC(COC(=O)CCCCCCCCCCCCCCC)OC(=O)C(C)CCCCCCCC(C)C(=O)OC[N+]1(C)CCC=C(c2nsnc2OCCCCCC)C1. The van der Waals surface area contributed by atoms with Gasteiger partial charge in [0, 0.05) is 24.8 Å². The lowest BCUT2D eigenvalue weighted by atomic mass is 9.99. The molecule has 1 aliphatic heterocycles. The average Bonchev–Trinajstić information content (AvgIpc) is 3.89. The van der Waals surface area contributed by atoms with Gasteiger partial charge in [0.25, 0.3) is 5.88 Å². The smallest absolute Gasteiger partial charge is 0.312 e. The first-order chi connectivity index (χ1) is 37.0. The second-order valence-electron chi connectivity index (χ2n) is 23.0. The summed E-state index contributed by atoms with van der Waals surface area (Å²) < 4.78 is 38.6. The molecular formula is C63H114N3O9S+. The maximum atomic E-state index is 13.3. The zero-order valence-corrected chi connectivity index (χ0v) is 50.6. The Morgan fingerprint density at radius 3 is 1.39 bits per heavy atom. The molecule has 1 aliphatic rings. The molecule has 0 bridgehead atoms. The number of ether oxygens (including phenoxy) is 5. The molecule has 0 aliphatic carbocycles. The molecule has 0 saturated carbocycles. The quantitative estimate of drug-likeness (QED) is 0.0266. The van der Waals surface area contributed by atoms with E-state index in [-0.39, 0.29) is 48.9 Å². The molecule has 1 aromatic rings. The van der Waals surface area contributed by atoms with Crippen LogP contribution in [-0.2, 0) is 38.1 Å². The number of hydrogen-bond acceptors (Lipinski definition) is 12. The van der Waals surface area contributed by atoms with E-state index < -0.39 is 6.10 Å². The lowest BCUT2D eigenvalue weighted by Gasteiger charge is -2.36. The van der Waals surface area contributed by atoms with Crippen molar-refractivity contribution >= 4 is 41.2 Å². The number of nitrogens with zero attached hydrogens (tertiary/aromatic N) is 3. The Bertz CT molecular complexity index is 1590.